The number of halogens is 1. The van der Waals surface area contributed by atoms with Crippen molar-refractivity contribution in [2.45, 2.75) is 33.1 Å². The lowest BCUT2D eigenvalue weighted by Gasteiger charge is -2.18. The van der Waals surface area contributed by atoms with E-state index in [9.17, 15) is 4.79 Å². The molecule has 4 nitrogen and oxygen atoms in total. The Morgan fingerprint density at radius 3 is 2.89 bits per heavy atom. The summed E-state index contributed by atoms with van der Waals surface area (Å²) in [5, 5.41) is 4.73. The predicted molar refractivity (Wildman–Crippen MR) is 110 cm³/mol. The molecular weight excluding hydrogens is 360 g/mol. The molecular formula is C22H23ClN2O2. The number of nitrogens with one attached hydrogen (secondary N) is 2. The van der Waals surface area contributed by atoms with Crippen molar-refractivity contribution in [1.29, 1.82) is 0 Å². The topological polar surface area (TPSA) is 54.1 Å². The van der Waals surface area contributed by atoms with Crippen LogP contribution < -0.4 is 10.1 Å². The second-order valence-electron chi connectivity index (χ2n) is 7.45. The van der Waals surface area contributed by atoms with Crippen molar-refractivity contribution in [3.8, 4) is 5.75 Å². The van der Waals surface area contributed by atoms with Crippen molar-refractivity contribution in [3.63, 3.8) is 0 Å². The first-order valence-electron chi connectivity index (χ1n) is 9.25. The number of ether oxygens (including phenoxy) is 1. The number of H-pyrrole nitrogens is 1. The van der Waals surface area contributed by atoms with Crippen molar-refractivity contribution in [1.82, 2.24) is 4.98 Å². The van der Waals surface area contributed by atoms with Crippen LogP contribution in [0.5, 0.6) is 5.75 Å². The van der Waals surface area contributed by atoms with Crippen molar-refractivity contribution in [2.24, 2.45) is 5.92 Å². The normalized spacial score (nSPS) is 16.2. The van der Waals surface area contributed by atoms with Gasteiger partial charge in [0.05, 0.1) is 12.8 Å². The second kappa shape index (κ2) is 6.93. The molecule has 0 saturated carbocycles. The molecule has 1 unspecified atom stereocenters. The molecule has 1 aromatic heterocycles. The predicted octanol–water partition coefficient (Wildman–Crippen LogP) is 5.52. The number of aromatic amines is 1. The monoisotopic (exact) mass is 382 g/mol. The Hall–Kier alpha value is -2.46. The highest BCUT2D eigenvalue weighted by molar-refractivity contribution is 6.31. The van der Waals surface area contributed by atoms with Gasteiger partial charge < -0.3 is 15.0 Å². The molecule has 0 bridgehead atoms. The maximum atomic E-state index is 12.9. The molecule has 1 heterocycles. The van der Waals surface area contributed by atoms with Crippen LogP contribution in [0.4, 0.5) is 5.69 Å². The van der Waals surface area contributed by atoms with Crippen LogP contribution >= 0.6 is 11.6 Å². The van der Waals surface area contributed by atoms with E-state index < -0.39 is 0 Å². The zero-order chi connectivity index (χ0) is 19.1. The zero-order valence-electron chi connectivity index (χ0n) is 15.8. The van der Waals surface area contributed by atoms with Gasteiger partial charge >= 0.3 is 0 Å². The third-order valence-corrected chi connectivity index (χ3v) is 5.83. The minimum Gasteiger partial charge on any atom is -0.495 e. The molecule has 5 heteroatoms. The Morgan fingerprint density at radius 2 is 2.11 bits per heavy atom. The highest BCUT2D eigenvalue weighted by Crippen LogP contribution is 2.33. The van der Waals surface area contributed by atoms with Crippen LogP contribution in [0.2, 0.25) is 5.02 Å². The summed E-state index contributed by atoms with van der Waals surface area (Å²) in [6, 6.07) is 9.40. The van der Waals surface area contributed by atoms with Crippen molar-refractivity contribution in [2.75, 3.05) is 12.4 Å². The van der Waals surface area contributed by atoms with E-state index >= 15 is 0 Å². The molecule has 4 rings (SSSR count). The number of methoxy groups -OCH3 is 1. The molecule has 0 spiro atoms. The highest BCUT2D eigenvalue weighted by Gasteiger charge is 2.21. The molecule has 140 valence electrons. The number of rotatable bonds is 3. The number of aryl methyl sites for hydroxylation is 2. The van der Waals surface area contributed by atoms with E-state index in [-0.39, 0.29) is 5.91 Å². The molecule has 27 heavy (non-hydrogen) atoms. The largest absolute Gasteiger partial charge is 0.495 e. The van der Waals surface area contributed by atoms with E-state index in [0.717, 1.165) is 29.3 Å². The summed E-state index contributed by atoms with van der Waals surface area (Å²) in [6.45, 7) is 4.18. The van der Waals surface area contributed by atoms with E-state index in [4.69, 9.17) is 16.3 Å². The third kappa shape index (κ3) is 3.30. The maximum absolute atomic E-state index is 12.9. The number of carbonyl (C=O) groups excluding carboxylic acids is 1. The summed E-state index contributed by atoms with van der Waals surface area (Å²) >= 11 is 6.15. The van der Waals surface area contributed by atoms with Crippen LogP contribution in [0.25, 0.3) is 10.9 Å². The molecule has 1 amide bonds. The highest BCUT2D eigenvalue weighted by atomic mass is 35.5. The number of anilines is 1. The van der Waals surface area contributed by atoms with Crippen molar-refractivity contribution < 1.29 is 9.53 Å². The first kappa shape index (κ1) is 17.9. The summed E-state index contributed by atoms with van der Waals surface area (Å²) in [5.74, 6) is 1.07. The molecule has 1 aliphatic carbocycles. The molecule has 2 aromatic carbocycles. The summed E-state index contributed by atoms with van der Waals surface area (Å²) < 4.78 is 5.36. The maximum Gasteiger partial charge on any atom is 0.255 e. The van der Waals surface area contributed by atoms with Gasteiger partial charge in [-0.3, -0.25) is 4.79 Å². The van der Waals surface area contributed by atoms with E-state index in [1.807, 2.05) is 31.2 Å². The van der Waals surface area contributed by atoms with Crippen LogP contribution in [0, 0.1) is 12.8 Å². The quantitative estimate of drug-likeness (QED) is 0.627. The third-order valence-electron chi connectivity index (χ3n) is 5.43. The van der Waals surface area contributed by atoms with Gasteiger partial charge in [0.15, 0.2) is 0 Å². The number of hydrogen-bond acceptors (Lipinski definition) is 2. The molecule has 1 atom stereocenters. The number of amides is 1. The van der Waals surface area contributed by atoms with E-state index in [2.05, 4.69) is 17.2 Å². The molecule has 0 radical (unpaired) electrons. The first-order valence-corrected chi connectivity index (χ1v) is 9.63. The van der Waals surface area contributed by atoms with E-state index in [1.54, 1.807) is 13.2 Å². The van der Waals surface area contributed by atoms with Crippen molar-refractivity contribution >= 4 is 34.1 Å². The number of hydrogen-bond donors (Lipinski definition) is 2. The lowest BCUT2D eigenvalue weighted by Crippen LogP contribution is -2.13. The Bertz CT molecular complexity index is 1040. The summed E-state index contributed by atoms with van der Waals surface area (Å²) in [6.07, 6.45) is 3.35. The number of benzene rings is 2. The Kier molecular flexibility index (Phi) is 4.60. The van der Waals surface area contributed by atoms with Gasteiger partial charge in [-0.2, -0.15) is 0 Å². The lowest BCUT2D eigenvalue weighted by molar-refractivity contribution is 0.102. The van der Waals surface area contributed by atoms with Crippen LogP contribution in [0.3, 0.4) is 0 Å². The zero-order valence-corrected chi connectivity index (χ0v) is 16.5. The van der Waals surface area contributed by atoms with Gasteiger partial charge in [-0.15, -0.1) is 0 Å². The molecule has 0 saturated heterocycles. The van der Waals surface area contributed by atoms with Crippen LogP contribution in [0.15, 0.2) is 30.3 Å². The molecule has 0 aliphatic heterocycles. The summed E-state index contributed by atoms with van der Waals surface area (Å²) in [4.78, 5) is 16.4. The second-order valence-corrected chi connectivity index (χ2v) is 7.85. The molecule has 2 N–H and O–H groups in total. The lowest BCUT2D eigenvalue weighted by atomic mass is 9.87. The Balaban J connectivity index is 1.67. The van der Waals surface area contributed by atoms with Gasteiger partial charge in [0.25, 0.3) is 5.91 Å². The summed E-state index contributed by atoms with van der Waals surface area (Å²) in [7, 11) is 1.57. The fraction of sp³-hybridized carbons (Fsp3) is 0.318. The average molecular weight is 383 g/mol. The minimum absolute atomic E-state index is 0.157. The molecule has 0 fully saturated rings. The van der Waals surface area contributed by atoms with Crippen LogP contribution in [-0.4, -0.2) is 18.0 Å². The van der Waals surface area contributed by atoms with Crippen molar-refractivity contribution in [3.05, 3.63) is 57.7 Å². The fourth-order valence-corrected chi connectivity index (χ4v) is 4.01. The Labute approximate surface area is 163 Å². The van der Waals surface area contributed by atoms with Crippen LogP contribution in [0.1, 0.15) is 40.5 Å². The number of carbonyl (C=O) groups is 1. The van der Waals surface area contributed by atoms with Gasteiger partial charge in [-0.05, 0) is 67.5 Å². The SMILES string of the molecule is COc1cc(Cl)c(C)cc1NC(=O)c1ccc2[nH]c3c(c2c1)CC(C)CC3. The smallest absolute Gasteiger partial charge is 0.255 e. The van der Waals surface area contributed by atoms with Crippen LogP contribution in [-0.2, 0) is 12.8 Å². The Morgan fingerprint density at radius 1 is 1.30 bits per heavy atom. The van der Waals surface area contributed by atoms with Gasteiger partial charge in [0.1, 0.15) is 5.75 Å². The van der Waals surface area contributed by atoms with E-state index in [0.29, 0.717) is 27.9 Å². The fourth-order valence-electron chi connectivity index (χ4n) is 3.86. The first-order chi connectivity index (χ1) is 13.0. The van der Waals surface area contributed by atoms with Gasteiger partial charge in [-0.1, -0.05) is 18.5 Å². The summed E-state index contributed by atoms with van der Waals surface area (Å²) in [5.41, 5.74) is 5.92. The number of fused-ring (bicyclic) bond motifs is 3. The number of aromatic nitrogens is 1. The van der Waals surface area contributed by atoms with E-state index in [1.165, 1.54) is 17.7 Å². The average Bonchev–Trinajstić information content (AvgIpc) is 3.01. The molecule has 1 aliphatic rings. The van der Waals surface area contributed by atoms with Gasteiger partial charge in [-0.25, -0.2) is 0 Å². The minimum atomic E-state index is -0.157. The molecule has 3 aromatic rings. The van der Waals surface area contributed by atoms with Gasteiger partial charge in [0, 0.05) is 33.2 Å². The van der Waals surface area contributed by atoms with Gasteiger partial charge in [0.2, 0.25) is 0 Å². The standard InChI is InChI=1S/C22H23ClN2O2/c1-12-4-6-18-15(8-12)16-10-14(5-7-19(16)24-18)22(26)25-20-9-13(2)17(23)11-21(20)27-3/h5,7,9-12,24H,4,6,8H2,1-3H3,(H,25,26).